The van der Waals surface area contributed by atoms with E-state index in [1.54, 1.807) is 6.07 Å². The average Bonchev–Trinajstić information content (AvgIpc) is 2.33. The van der Waals surface area contributed by atoms with E-state index in [1.807, 2.05) is 0 Å². The highest BCUT2D eigenvalue weighted by atomic mass is 16.5. The number of methoxy groups -OCH3 is 2. The summed E-state index contributed by atoms with van der Waals surface area (Å²) >= 11 is 0. The highest BCUT2D eigenvalue weighted by Gasteiger charge is 2.19. The van der Waals surface area contributed by atoms with Crippen LogP contribution in [-0.2, 0) is 0 Å². The van der Waals surface area contributed by atoms with Crippen LogP contribution in [0, 0.1) is 5.21 Å². The van der Waals surface area contributed by atoms with Crippen molar-refractivity contribution in [3.63, 3.8) is 0 Å². The topological polar surface area (TPSA) is 97.4 Å². The van der Waals surface area contributed by atoms with Crippen LogP contribution >= 0.6 is 0 Å². The van der Waals surface area contributed by atoms with E-state index in [1.165, 1.54) is 26.6 Å². The number of aromatic nitrogens is 1. The molecule has 0 saturated heterocycles. The molecule has 0 atom stereocenters. The molecule has 0 bridgehead atoms. The summed E-state index contributed by atoms with van der Waals surface area (Å²) in [7, 11) is 2.95. The molecule has 0 unspecified atom stereocenters. The second-order valence-electron chi connectivity index (χ2n) is 3.53. The average molecular weight is 235 g/mol. The van der Waals surface area contributed by atoms with Crippen LogP contribution in [0.3, 0.4) is 0 Å². The summed E-state index contributed by atoms with van der Waals surface area (Å²) in [5.41, 5.74) is 12.6. The summed E-state index contributed by atoms with van der Waals surface area (Å²) in [4.78, 5) is 0. The number of nitrogens with zero attached hydrogens (tertiary/aromatic N) is 1. The molecule has 0 aliphatic heterocycles. The van der Waals surface area contributed by atoms with Crippen LogP contribution in [0.15, 0.2) is 18.5 Å². The van der Waals surface area contributed by atoms with Gasteiger partial charge in [-0.05, 0) is 0 Å². The van der Waals surface area contributed by atoms with Crippen molar-refractivity contribution >= 4 is 22.1 Å². The van der Waals surface area contributed by atoms with Gasteiger partial charge in [-0.25, -0.2) is 0 Å². The first-order valence-corrected chi connectivity index (χ1v) is 4.91. The Morgan fingerprint density at radius 2 is 1.59 bits per heavy atom. The molecule has 0 spiro atoms. The minimum absolute atomic E-state index is 0.332. The number of nitrogens with two attached hydrogens (primary N) is 2. The fourth-order valence-electron chi connectivity index (χ4n) is 1.82. The smallest absolute Gasteiger partial charge is 0.190 e. The van der Waals surface area contributed by atoms with Crippen LogP contribution in [0.5, 0.6) is 11.5 Å². The Morgan fingerprint density at radius 3 is 2.12 bits per heavy atom. The van der Waals surface area contributed by atoms with Crippen LogP contribution in [0.1, 0.15) is 0 Å². The number of hydrogen-bond acceptors (Lipinski definition) is 5. The van der Waals surface area contributed by atoms with Gasteiger partial charge in [0, 0.05) is 11.5 Å². The van der Waals surface area contributed by atoms with E-state index in [0.29, 0.717) is 38.4 Å². The highest BCUT2D eigenvalue weighted by molar-refractivity contribution is 6.05. The van der Waals surface area contributed by atoms with Crippen LogP contribution in [0.4, 0.5) is 11.4 Å². The summed E-state index contributed by atoms with van der Waals surface area (Å²) in [6, 6.07) is 1.59. The lowest BCUT2D eigenvalue weighted by molar-refractivity contribution is -0.603. The molecule has 0 aliphatic carbocycles. The SMILES string of the molecule is COc1c(OC)c(N)c2c[n+]([O-])ccc2c1N. The molecule has 4 N–H and O–H groups in total. The molecule has 90 valence electrons. The lowest BCUT2D eigenvalue weighted by Crippen LogP contribution is -2.24. The van der Waals surface area contributed by atoms with Crippen LogP contribution < -0.4 is 25.7 Å². The fraction of sp³-hybridized carbons (Fsp3) is 0.182. The van der Waals surface area contributed by atoms with Gasteiger partial charge in [0.2, 0.25) is 0 Å². The lowest BCUT2D eigenvalue weighted by atomic mass is 10.1. The zero-order chi connectivity index (χ0) is 12.6. The molecule has 2 aromatic rings. The van der Waals surface area contributed by atoms with Gasteiger partial charge in [0.25, 0.3) is 0 Å². The van der Waals surface area contributed by atoms with Gasteiger partial charge in [0.1, 0.15) is 0 Å². The molecule has 1 aromatic heterocycles. The van der Waals surface area contributed by atoms with E-state index in [-0.39, 0.29) is 0 Å². The Labute approximate surface area is 97.9 Å². The van der Waals surface area contributed by atoms with Crippen molar-refractivity contribution in [1.82, 2.24) is 0 Å². The maximum absolute atomic E-state index is 11.2. The fourth-order valence-corrected chi connectivity index (χ4v) is 1.82. The van der Waals surface area contributed by atoms with Gasteiger partial charge in [-0.3, -0.25) is 0 Å². The predicted molar refractivity (Wildman–Crippen MR) is 64.8 cm³/mol. The van der Waals surface area contributed by atoms with Crippen LogP contribution in [0.2, 0.25) is 0 Å². The summed E-state index contributed by atoms with van der Waals surface area (Å²) in [5.74, 6) is 0.713. The summed E-state index contributed by atoms with van der Waals surface area (Å²) in [5, 5.41) is 12.4. The third-order valence-corrected chi connectivity index (χ3v) is 2.62. The highest BCUT2D eigenvalue weighted by Crippen LogP contribution is 2.44. The minimum Gasteiger partial charge on any atom is -0.619 e. The second-order valence-corrected chi connectivity index (χ2v) is 3.53. The Hall–Kier alpha value is -2.37. The third-order valence-electron chi connectivity index (χ3n) is 2.62. The number of anilines is 2. The molecule has 6 heteroatoms. The number of benzene rings is 1. The van der Waals surface area contributed by atoms with Gasteiger partial charge in [-0.1, -0.05) is 0 Å². The molecule has 0 radical (unpaired) electrons. The largest absolute Gasteiger partial charge is 0.619 e. The first-order valence-electron chi connectivity index (χ1n) is 4.91. The quantitative estimate of drug-likeness (QED) is 0.452. The second kappa shape index (κ2) is 3.89. The van der Waals surface area contributed by atoms with E-state index in [9.17, 15) is 5.21 Å². The zero-order valence-electron chi connectivity index (χ0n) is 9.56. The number of pyridine rings is 1. The van der Waals surface area contributed by atoms with Crippen molar-refractivity contribution in [2.24, 2.45) is 0 Å². The van der Waals surface area contributed by atoms with Gasteiger partial charge >= 0.3 is 0 Å². The van der Waals surface area contributed by atoms with Crippen molar-refractivity contribution in [2.45, 2.75) is 0 Å². The van der Waals surface area contributed by atoms with Crippen molar-refractivity contribution in [3.05, 3.63) is 23.7 Å². The summed E-state index contributed by atoms with van der Waals surface area (Å²) in [6.07, 6.45) is 2.70. The lowest BCUT2D eigenvalue weighted by Gasteiger charge is -2.15. The van der Waals surface area contributed by atoms with Gasteiger partial charge < -0.3 is 26.1 Å². The van der Waals surface area contributed by atoms with Crippen LogP contribution in [0.25, 0.3) is 10.8 Å². The Morgan fingerprint density at radius 1 is 1.06 bits per heavy atom. The third kappa shape index (κ3) is 1.54. The maximum atomic E-state index is 11.2. The van der Waals surface area contributed by atoms with Gasteiger partial charge in [0.15, 0.2) is 23.9 Å². The van der Waals surface area contributed by atoms with Gasteiger partial charge in [-0.15, -0.1) is 0 Å². The summed E-state index contributed by atoms with van der Waals surface area (Å²) in [6.45, 7) is 0. The predicted octanol–water partition coefficient (Wildman–Crippen LogP) is 0.655. The number of rotatable bonds is 2. The van der Waals surface area contributed by atoms with Crippen molar-refractivity contribution in [2.75, 3.05) is 25.7 Å². The van der Waals surface area contributed by atoms with Crippen LogP contribution in [-0.4, -0.2) is 14.2 Å². The monoisotopic (exact) mass is 235 g/mol. The molecular formula is C11H13N3O3. The maximum Gasteiger partial charge on any atom is 0.190 e. The Balaban J connectivity index is 2.94. The Kier molecular flexibility index (Phi) is 2.55. The first kappa shape index (κ1) is 11.1. The van der Waals surface area contributed by atoms with Crippen molar-refractivity contribution in [1.29, 1.82) is 0 Å². The zero-order valence-corrected chi connectivity index (χ0v) is 9.56. The minimum atomic E-state index is 0.332. The summed E-state index contributed by atoms with van der Waals surface area (Å²) < 4.78 is 11.0. The number of hydrogen-bond donors (Lipinski definition) is 2. The van der Waals surface area contributed by atoms with E-state index in [4.69, 9.17) is 20.9 Å². The van der Waals surface area contributed by atoms with E-state index >= 15 is 0 Å². The number of nitrogen functional groups attached to an aromatic ring is 2. The molecule has 0 fully saturated rings. The first-order chi connectivity index (χ1) is 8.10. The molecule has 0 aliphatic rings. The Bertz CT molecular complexity index is 584. The molecule has 17 heavy (non-hydrogen) atoms. The van der Waals surface area contributed by atoms with Gasteiger partial charge in [0.05, 0.1) is 31.0 Å². The normalized spacial score (nSPS) is 10.5. The molecular weight excluding hydrogens is 222 g/mol. The van der Waals surface area contributed by atoms with Crippen molar-refractivity contribution < 1.29 is 14.2 Å². The number of ether oxygens (including phenoxy) is 2. The molecule has 1 aromatic carbocycles. The number of fused-ring (bicyclic) bond motifs is 1. The molecule has 0 amide bonds. The van der Waals surface area contributed by atoms with E-state index < -0.39 is 0 Å². The molecule has 0 saturated carbocycles. The van der Waals surface area contributed by atoms with E-state index in [0.717, 1.165) is 0 Å². The van der Waals surface area contributed by atoms with Crippen molar-refractivity contribution in [3.8, 4) is 11.5 Å². The standard InChI is InChI=1S/C11H13N3O3/c1-16-10-8(12)6-3-4-14(15)5-7(6)9(13)11(10)17-2/h3-5H,12-13H2,1-2H3. The molecule has 6 nitrogen and oxygen atoms in total. The van der Waals surface area contributed by atoms with Gasteiger partial charge in [-0.2, -0.15) is 4.73 Å². The molecule has 2 rings (SSSR count). The van der Waals surface area contributed by atoms with E-state index in [2.05, 4.69) is 0 Å². The molecule has 1 heterocycles.